The number of nitrogens with zero attached hydrogens (tertiary/aromatic N) is 3. The number of hydrogen-bond acceptors (Lipinski definition) is 6. The first kappa shape index (κ1) is 16.3. The Hall–Kier alpha value is -3.10. The molecule has 122 valence electrons. The Bertz CT molecular complexity index is 830. The molecule has 0 unspecified atom stereocenters. The van der Waals surface area contributed by atoms with Crippen molar-refractivity contribution in [1.82, 2.24) is 14.6 Å². The Kier molecular flexibility index (Phi) is 4.49. The van der Waals surface area contributed by atoms with Crippen LogP contribution in [0.1, 0.15) is 17.3 Å². The van der Waals surface area contributed by atoms with Gasteiger partial charge in [0.25, 0.3) is 5.56 Å². The largest absolute Gasteiger partial charge is 0.465 e. The van der Waals surface area contributed by atoms with Crippen LogP contribution in [-0.4, -0.2) is 45.4 Å². The van der Waals surface area contributed by atoms with E-state index in [0.717, 1.165) is 5.01 Å². The second kappa shape index (κ2) is 6.34. The zero-order valence-corrected chi connectivity index (χ0v) is 12.9. The number of methoxy groups -OCH3 is 1. The first-order valence-corrected chi connectivity index (χ1v) is 6.75. The molecule has 0 fully saturated rings. The Morgan fingerprint density at radius 3 is 2.70 bits per heavy atom. The molecule has 1 aromatic carbocycles. The van der Waals surface area contributed by atoms with E-state index in [0.29, 0.717) is 11.0 Å². The van der Waals surface area contributed by atoms with Crippen molar-refractivity contribution in [2.24, 2.45) is 7.05 Å². The predicted molar refractivity (Wildman–Crippen MR) is 82.4 cm³/mol. The summed E-state index contributed by atoms with van der Waals surface area (Å²) in [4.78, 5) is 39.0. The fraction of sp³-hybridized carbons (Fsp3) is 0.286. The molecular weight excluding hydrogens is 304 g/mol. The van der Waals surface area contributed by atoms with E-state index >= 15 is 0 Å². The highest BCUT2D eigenvalue weighted by molar-refractivity contribution is 5.93. The number of amides is 1. The van der Waals surface area contributed by atoms with Crippen LogP contribution in [-0.2, 0) is 11.8 Å². The molecule has 0 aliphatic rings. The predicted octanol–water partition coefficient (Wildman–Crippen LogP) is 1.05. The van der Waals surface area contributed by atoms with Gasteiger partial charge in [-0.2, -0.15) is 0 Å². The summed E-state index contributed by atoms with van der Waals surface area (Å²) in [5.41, 5.74) is 3.13. The number of aromatic nitrogens is 2. The number of esters is 1. The summed E-state index contributed by atoms with van der Waals surface area (Å²) >= 11 is 0. The minimum atomic E-state index is -1.24. The van der Waals surface area contributed by atoms with Gasteiger partial charge in [0.15, 0.2) is 0 Å². The minimum absolute atomic E-state index is 0.125. The summed E-state index contributed by atoms with van der Waals surface area (Å²) in [7, 11) is 2.80. The quantitative estimate of drug-likeness (QED) is 0.639. The zero-order valence-electron chi connectivity index (χ0n) is 12.9. The summed E-state index contributed by atoms with van der Waals surface area (Å²) < 4.78 is 5.97. The van der Waals surface area contributed by atoms with Crippen molar-refractivity contribution in [3.8, 4) is 0 Å². The van der Waals surface area contributed by atoms with Crippen LogP contribution < -0.4 is 11.0 Å². The van der Waals surface area contributed by atoms with Gasteiger partial charge in [0.1, 0.15) is 0 Å². The molecule has 0 saturated carbocycles. The van der Waals surface area contributed by atoms with E-state index in [9.17, 15) is 14.4 Å². The van der Waals surface area contributed by atoms with Crippen LogP contribution in [0.2, 0.25) is 0 Å². The molecule has 0 spiro atoms. The second-order valence-electron chi connectivity index (χ2n) is 4.66. The van der Waals surface area contributed by atoms with Gasteiger partial charge in [-0.15, -0.1) is 0 Å². The second-order valence-corrected chi connectivity index (χ2v) is 4.66. The smallest absolute Gasteiger partial charge is 0.426 e. The number of benzene rings is 1. The number of carboxylic acid groups (broad SMARTS) is 1. The average molecular weight is 320 g/mol. The van der Waals surface area contributed by atoms with Crippen LogP contribution in [0, 0.1) is 0 Å². The lowest BCUT2D eigenvalue weighted by atomic mass is 10.2. The Morgan fingerprint density at radius 2 is 2.13 bits per heavy atom. The molecule has 2 aromatic rings. The van der Waals surface area contributed by atoms with Crippen molar-refractivity contribution < 1.29 is 19.4 Å². The van der Waals surface area contributed by atoms with Crippen LogP contribution in [0.15, 0.2) is 23.0 Å². The third-order valence-corrected chi connectivity index (χ3v) is 3.29. The third-order valence-electron chi connectivity index (χ3n) is 3.29. The zero-order chi connectivity index (χ0) is 17.1. The van der Waals surface area contributed by atoms with E-state index in [1.807, 2.05) is 0 Å². The molecule has 2 N–H and O–H groups in total. The van der Waals surface area contributed by atoms with Gasteiger partial charge in [-0.05, 0) is 25.1 Å². The number of nitrogens with one attached hydrogen (secondary N) is 1. The summed E-state index contributed by atoms with van der Waals surface area (Å²) in [6, 6.07) is 4.58. The maximum Gasteiger partial charge on any atom is 0.426 e. The SMILES string of the molecule is CCN(Nc1nc2cc(C(=O)OC)ccc2n(C)c1=O)C(=O)O. The van der Waals surface area contributed by atoms with Gasteiger partial charge in [-0.1, -0.05) is 0 Å². The van der Waals surface area contributed by atoms with Crippen molar-refractivity contribution in [1.29, 1.82) is 0 Å². The number of hydrazine groups is 1. The molecule has 0 radical (unpaired) electrons. The van der Waals surface area contributed by atoms with Crippen LogP contribution in [0.4, 0.5) is 10.6 Å². The van der Waals surface area contributed by atoms with Crippen molar-refractivity contribution >= 4 is 28.9 Å². The minimum Gasteiger partial charge on any atom is -0.465 e. The van der Waals surface area contributed by atoms with Crippen molar-refractivity contribution in [2.45, 2.75) is 6.92 Å². The lowest BCUT2D eigenvalue weighted by molar-refractivity contribution is 0.0601. The molecule has 1 amide bonds. The van der Waals surface area contributed by atoms with E-state index in [1.54, 1.807) is 13.0 Å². The number of ether oxygens (including phenoxy) is 1. The van der Waals surface area contributed by atoms with Crippen LogP contribution >= 0.6 is 0 Å². The van der Waals surface area contributed by atoms with Crippen LogP contribution in [0.5, 0.6) is 0 Å². The van der Waals surface area contributed by atoms with E-state index in [1.165, 1.54) is 30.9 Å². The molecule has 0 aliphatic heterocycles. The number of fused-ring (bicyclic) bond motifs is 1. The first-order valence-electron chi connectivity index (χ1n) is 6.75. The van der Waals surface area contributed by atoms with Crippen LogP contribution in [0.25, 0.3) is 11.0 Å². The van der Waals surface area contributed by atoms with Gasteiger partial charge in [0.2, 0.25) is 5.82 Å². The van der Waals surface area contributed by atoms with Gasteiger partial charge in [0, 0.05) is 13.6 Å². The third kappa shape index (κ3) is 3.07. The molecule has 1 aromatic heterocycles. The lowest BCUT2D eigenvalue weighted by Gasteiger charge is -2.19. The monoisotopic (exact) mass is 320 g/mol. The fourth-order valence-electron chi connectivity index (χ4n) is 2.04. The van der Waals surface area contributed by atoms with Crippen LogP contribution in [0.3, 0.4) is 0 Å². The fourth-order valence-corrected chi connectivity index (χ4v) is 2.04. The van der Waals surface area contributed by atoms with E-state index in [4.69, 9.17) is 5.11 Å². The van der Waals surface area contributed by atoms with E-state index < -0.39 is 17.6 Å². The maximum atomic E-state index is 12.3. The first-order chi connectivity index (χ1) is 10.9. The van der Waals surface area contributed by atoms with Gasteiger partial charge in [0.05, 0.1) is 23.7 Å². The van der Waals surface area contributed by atoms with Crippen molar-refractivity contribution in [3.05, 3.63) is 34.1 Å². The average Bonchev–Trinajstić information content (AvgIpc) is 2.55. The number of carbonyl (C=O) groups is 2. The number of rotatable bonds is 4. The van der Waals surface area contributed by atoms with Gasteiger partial charge in [-0.3, -0.25) is 10.2 Å². The number of anilines is 1. The molecule has 2 rings (SSSR count). The molecular formula is C14H16N4O5. The molecule has 1 heterocycles. The highest BCUT2D eigenvalue weighted by atomic mass is 16.5. The highest BCUT2D eigenvalue weighted by Crippen LogP contribution is 2.15. The molecule has 0 bridgehead atoms. The van der Waals surface area contributed by atoms with E-state index in [-0.39, 0.29) is 17.9 Å². The normalized spacial score (nSPS) is 10.4. The van der Waals surface area contributed by atoms with Crippen molar-refractivity contribution in [3.63, 3.8) is 0 Å². The Morgan fingerprint density at radius 1 is 1.43 bits per heavy atom. The Balaban J connectivity index is 2.58. The highest BCUT2D eigenvalue weighted by Gasteiger charge is 2.16. The topological polar surface area (TPSA) is 114 Å². The molecule has 9 nitrogen and oxygen atoms in total. The number of aryl methyl sites for hydroxylation is 1. The van der Waals surface area contributed by atoms with Gasteiger partial charge < -0.3 is 14.4 Å². The maximum absolute atomic E-state index is 12.3. The Labute approximate surface area is 131 Å². The van der Waals surface area contributed by atoms with E-state index in [2.05, 4.69) is 15.1 Å². The number of hydrogen-bond donors (Lipinski definition) is 2. The molecule has 9 heteroatoms. The molecule has 0 aliphatic carbocycles. The summed E-state index contributed by atoms with van der Waals surface area (Å²) in [5, 5.41) is 9.86. The summed E-state index contributed by atoms with van der Waals surface area (Å²) in [6.45, 7) is 1.74. The van der Waals surface area contributed by atoms with Crippen molar-refractivity contribution in [2.75, 3.05) is 19.1 Å². The lowest BCUT2D eigenvalue weighted by Crippen LogP contribution is -2.38. The molecule has 0 saturated heterocycles. The standard InChI is InChI=1S/C14H16N4O5/c1-4-18(14(21)22)16-11-12(19)17(2)10-6-5-8(13(20)23-3)7-9(10)15-11/h5-7H,4H2,1-3H3,(H,15,16)(H,21,22). The molecule has 23 heavy (non-hydrogen) atoms. The summed E-state index contributed by atoms with van der Waals surface area (Å²) in [5.74, 6) is -0.677. The van der Waals surface area contributed by atoms with Gasteiger partial charge in [-0.25, -0.2) is 19.6 Å². The van der Waals surface area contributed by atoms with Gasteiger partial charge >= 0.3 is 12.1 Å². The summed E-state index contributed by atoms with van der Waals surface area (Å²) in [6.07, 6.45) is -1.24. The number of carbonyl (C=O) groups excluding carboxylic acids is 1. The molecule has 0 atom stereocenters.